The molecule has 4 aliphatic carbocycles. The van der Waals surface area contributed by atoms with Gasteiger partial charge >= 0.3 is 6.03 Å². The predicted molar refractivity (Wildman–Crippen MR) is 196 cm³/mol. The summed E-state index contributed by atoms with van der Waals surface area (Å²) in [5.74, 6) is 0.771. The normalized spacial score (nSPS) is 34.9. The molecule has 0 spiro atoms. The van der Waals surface area contributed by atoms with E-state index in [1.165, 1.54) is 37.7 Å². The fourth-order valence-corrected chi connectivity index (χ4v) is 12.1. The van der Waals surface area contributed by atoms with Crippen LogP contribution in [0.25, 0.3) is 11.8 Å². The Morgan fingerprint density at radius 2 is 1.75 bits per heavy atom. The van der Waals surface area contributed by atoms with Crippen LogP contribution in [0.5, 0.6) is 5.75 Å². The van der Waals surface area contributed by atoms with E-state index in [4.69, 9.17) is 9.47 Å². The van der Waals surface area contributed by atoms with Gasteiger partial charge in [-0.15, -0.1) is 0 Å². The number of amides is 3. The number of ether oxygens (including phenoxy) is 2. The molecular weight excluding hydrogens is 677 g/mol. The van der Waals surface area contributed by atoms with Crippen LogP contribution in [0.1, 0.15) is 83.1 Å². The van der Waals surface area contributed by atoms with Gasteiger partial charge in [-0.3, -0.25) is 9.69 Å². The number of carbonyl (C=O) groups is 2. The van der Waals surface area contributed by atoms with Crippen LogP contribution in [0, 0.1) is 16.7 Å². The highest BCUT2D eigenvalue weighted by Gasteiger charge is 2.69. The number of quaternary nitrogens is 1. The third-order valence-corrected chi connectivity index (χ3v) is 16.1. The standard InChI is InChI=1S/C41H50N4O6S/c1-25(2)52(48,49)42-39(47)45-33-11-7-10-30(38(46)44-21-40-19-43(28-12-13-28)20-41(40,22-44)24-51-23-40)31(33)18-35(45)37-32(16-27-17-34(27)45)29(14-15-36(37)50-3)26-8-5-4-6-9-26/h7,11,14-17,25-26,28,30,34H,4-6,8-10,12-13,18-24H2,1-3H3/p+1/t30-,34?,40?,41?,45?/m0/s1. The Morgan fingerprint density at radius 3 is 2.42 bits per heavy atom. The van der Waals surface area contributed by atoms with Gasteiger partial charge in [-0.2, -0.15) is 4.48 Å². The molecule has 5 aliphatic heterocycles. The van der Waals surface area contributed by atoms with Crippen molar-refractivity contribution in [2.45, 2.75) is 94.9 Å². The molecule has 5 heterocycles. The van der Waals surface area contributed by atoms with Crippen LogP contribution in [-0.4, -0.2) is 98.5 Å². The summed E-state index contributed by atoms with van der Waals surface area (Å²) in [4.78, 5) is 34.8. The SMILES string of the molecule is COc1ccc(C2CCCCC2)c2c1=C1CC3=C(C=CC[C@@H]3C(=O)N3CC45COCC4(C3)CN(C3CC3)C5)[N+]1(C(=O)NS(=O)(=O)C(C)C)C1C=C1C=2. The smallest absolute Gasteiger partial charge is 0.440 e. The molecule has 3 amide bonds. The topological polar surface area (TPSA) is 105 Å². The van der Waals surface area contributed by atoms with E-state index >= 15 is 4.79 Å². The number of hydrogen-bond acceptors (Lipinski definition) is 7. The van der Waals surface area contributed by atoms with Crippen LogP contribution in [0.4, 0.5) is 4.79 Å². The van der Waals surface area contributed by atoms with Crippen LogP contribution in [0.2, 0.25) is 0 Å². The first-order valence-electron chi connectivity index (χ1n) is 19.6. The first kappa shape index (κ1) is 33.3. The van der Waals surface area contributed by atoms with Gasteiger partial charge in [-0.25, -0.2) is 17.9 Å². The number of sulfonamides is 1. The molecule has 276 valence electrons. The number of allylic oxidation sites excluding steroid dienone is 2. The summed E-state index contributed by atoms with van der Waals surface area (Å²) >= 11 is 0. The van der Waals surface area contributed by atoms with Crippen molar-refractivity contribution < 1.29 is 32.0 Å². The summed E-state index contributed by atoms with van der Waals surface area (Å²) in [5.41, 5.74) is 4.71. The number of methoxy groups -OCH3 is 1. The third-order valence-electron chi connectivity index (χ3n) is 14.4. The zero-order valence-corrected chi connectivity index (χ0v) is 31.5. The van der Waals surface area contributed by atoms with Gasteiger partial charge in [0.25, 0.3) is 0 Å². The number of nitrogens with zero attached hydrogens (tertiary/aromatic N) is 3. The molecule has 1 aromatic rings. The second-order valence-electron chi connectivity index (χ2n) is 17.6. The Morgan fingerprint density at radius 1 is 1.02 bits per heavy atom. The summed E-state index contributed by atoms with van der Waals surface area (Å²) in [6.45, 7) is 7.97. The molecule has 9 aliphatic rings. The van der Waals surface area contributed by atoms with Crippen LogP contribution < -0.4 is 19.9 Å². The number of benzene rings is 1. The number of nitrogens with one attached hydrogen (secondary N) is 1. The summed E-state index contributed by atoms with van der Waals surface area (Å²) in [7, 11) is -2.29. The molecule has 11 heteroatoms. The van der Waals surface area contributed by atoms with Crippen LogP contribution >= 0.6 is 0 Å². The van der Waals surface area contributed by atoms with Gasteiger partial charge in [0.15, 0.2) is 6.04 Å². The van der Waals surface area contributed by atoms with Crippen molar-refractivity contribution in [1.82, 2.24) is 14.5 Å². The summed E-state index contributed by atoms with van der Waals surface area (Å²) < 4.78 is 41.4. The minimum absolute atomic E-state index is 0.0316. The average Bonchev–Trinajstić information content (AvgIpc) is 4.00. The minimum Gasteiger partial charge on any atom is -0.496 e. The predicted octanol–water partition coefficient (Wildman–Crippen LogP) is 3.78. The van der Waals surface area contributed by atoms with E-state index in [-0.39, 0.29) is 27.3 Å². The lowest BCUT2D eigenvalue weighted by atomic mass is 9.71. The Balaban J connectivity index is 1.11. The molecule has 1 aromatic carbocycles. The van der Waals surface area contributed by atoms with Gasteiger partial charge in [-0.1, -0.05) is 31.4 Å². The number of rotatable bonds is 6. The van der Waals surface area contributed by atoms with E-state index in [2.05, 4.69) is 32.7 Å². The first-order valence-corrected chi connectivity index (χ1v) is 21.2. The lowest BCUT2D eigenvalue weighted by Crippen LogP contribution is -2.59. The molecule has 5 atom stereocenters. The second kappa shape index (κ2) is 11.4. The van der Waals surface area contributed by atoms with Gasteiger partial charge in [0.05, 0.1) is 43.1 Å². The maximum Gasteiger partial charge on any atom is 0.440 e. The van der Waals surface area contributed by atoms with E-state index in [9.17, 15) is 13.2 Å². The highest BCUT2D eigenvalue weighted by Crippen LogP contribution is 2.59. The molecule has 52 heavy (non-hydrogen) atoms. The van der Waals surface area contributed by atoms with Gasteiger partial charge in [0.1, 0.15) is 17.1 Å². The maximum absolute atomic E-state index is 15.0. The first-order chi connectivity index (χ1) is 25.0. The van der Waals surface area contributed by atoms with E-state index < -0.39 is 27.2 Å². The quantitative estimate of drug-likeness (QED) is 0.445. The highest BCUT2D eigenvalue weighted by atomic mass is 32.2. The van der Waals surface area contributed by atoms with Crippen LogP contribution in [-0.2, 0) is 19.6 Å². The molecule has 5 fully saturated rings. The summed E-state index contributed by atoms with van der Waals surface area (Å²) in [6.07, 6.45) is 17.8. The fourth-order valence-electron chi connectivity index (χ4n) is 11.4. The zero-order chi connectivity index (χ0) is 35.8. The van der Waals surface area contributed by atoms with Crippen molar-refractivity contribution in [2.75, 3.05) is 46.5 Å². The van der Waals surface area contributed by atoms with Gasteiger partial charge < -0.3 is 14.4 Å². The molecule has 10 nitrogen and oxygen atoms in total. The molecule has 10 rings (SSSR count). The monoisotopic (exact) mass is 727 g/mol. The minimum atomic E-state index is -3.96. The van der Waals surface area contributed by atoms with E-state index in [0.29, 0.717) is 56.9 Å². The molecule has 4 unspecified atom stereocenters. The number of carbonyl (C=O) groups excluding carboxylic acids is 2. The summed E-state index contributed by atoms with van der Waals surface area (Å²) in [5, 5.41) is 1.17. The third kappa shape index (κ3) is 4.54. The van der Waals surface area contributed by atoms with Crippen LogP contribution in [0.3, 0.4) is 0 Å². The molecule has 0 aromatic heterocycles. The maximum atomic E-state index is 15.0. The number of likely N-dealkylation sites (tertiary alicyclic amines) is 2. The number of fused-ring (bicyclic) bond motifs is 5. The molecule has 1 N–H and O–H groups in total. The van der Waals surface area contributed by atoms with Crippen LogP contribution in [0.15, 0.2) is 47.2 Å². The fraction of sp³-hybridized carbons (Fsp3) is 0.610. The Labute approximate surface area is 306 Å². The number of urea groups is 1. The largest absolute Gasteiger partial charge is 0.496 e. The Kier molecular flexibility index (Phi) is 7.30. The molecule has 0 bridgehead atoms. The molecule has 3 saturated heterocycles. The van der Waals surface area contributed by atoms with E-state index in [1.807, 2.05) is 18.2 Å². The number of hydrogen-bond donors (Lipinski definition) is 1. The van der Waals surface area contributed by atoms with E-state index in [1.54, 1.807) is 21.0 Å². The van der Waals surface area contributed by atoms with Crippen molar-refractivity contribution in [3.63, 3.8) is 0 Å². The Bertz CT molecular complexity index is 2110. The average molecular weight is 728 g/mol. The molecule has 0 radical (unpaired) electrons. The van der Waals surface area contributed by atoms with Gasteiger partial charge in [0.2, 0.25) is 15.9 Å². The summed E-state index contributed by atoms with van der Waals surface area (Å²) in [6, 6.07) is 3.98. The second-order valence-corrected chi connectivity index (χ2v) is 19.8. The molecule has 2 saturated carbocycles. The van der Waals surface area contributed by atoms with Crippen molar-refractivity contribution in [3.05, 3.63) is 63.2 Å². The lowest BCUT2D eigenvalue weighted by Gasteiger charge is -2.35. The van der Waals surface area contributed by atoms with Crippen molar-refractivity contribution >= 4 is 33.7 Å². The Hall–Kier alpha value is -3.25. The van der Waals surface area contributed by atoms with E-state index in [0.717, 1.165) is 58.9 Å². The van der Waals surface area contributed by atoms with Gasteiger partial charge in [-0.05, 0) is 86.9 Å². The zero-order valence-electron chi connectivity index (χ0n) is 30.7. The van der Waals surface area contributed by atoms with Crippen molar-refractivity contribution in [3.8, 4) is 5.75 Å². The van der Waals surface area contributed by atoms with Crippen molar-refractivity contribution in [2.24, 2.45) is 16.7 Å². The lowest BCUT2D eigenvalue weighted by molar-refractivity contribution is -0.738. The van der Waals surface area contributed by atoms with Crippen molar-refractivity contribution in [1.29, 1.82) is 0 Å². The van der Waals surface area contributed by atoms with Gasteiger partial charge in [0, 0.05) is 54.2 Å². The highest BCUT2D eigenvalue weighted by molar-refractivity contribution is 7.90. The molecular formula is C41H51N4O6S+.